The second kappa shape index (κ2) is 4.29. The van der Waals surface area contributed by atoms with Gasteiger partial charge in [0.05, 0.1) is 18.2 Å². The van der Waals surface area contributed by atoms with Crippen LogP contribution < -0.4 is 0 Å². The molecule has 1 aliphatic rings. The highest BCUT2D eigenvalue weighted by molar-refractivity contribution is 5.74. The quantitative estimate of drug-likeness (QED) is 0.795. The Labute approximate surface area is 89.5 Å². The number of aliphatic hydroxyl groups is 1. The molecule has 0 unspecified atom stereocenters. The van der Waals surface area contributed by atoms with Crippen LogP contribution in [0, 0.1) is 11.3 Å². The van der Waals surface area contributed by atoms with Crippen molar-refractivity contribution in [1.29, 1.82) is 5.26 Å². The molecule has 1 aromatic carbocycles. The Morgan fingerprint density at radius 2 is 2.07 bits per heavy atom. The Kier molecular flexibility index (Phi) is 2.84. The second-order valence-corrected chi connectivity index (χ2v) is 3.75. The van der Waals surface area contributed by atoms with Crippen molar-refractivity contribution in [2.45, 2.75) is 19.3 Å². The number of aliphatic hydroxyl groups excluding tert-OH is 1. The van der Waals surface area contributed by atoms with Crippen molar-refractivity contribution < 1.29 is 5.11 Å². The first-order chi connectivity index (χ1) is 7.36. The highest BCUT2D eigenvalue weighted by atomic mass is 16.3. The predicted octanol–water partition coefficient (Wildman–Crippen LogP) is 2.49. The molecule has 2 rings (SSSR count). The van der Waals surface area contributed by atoms with Crippen LogP contribution in [0.15, 0.2) is 29.8 Å². The molecule has 0 radical (unpaired) electrons. The van der Waals surface area contributed by atoms with Crippen LogP contribution in [0.5, 0.6) is 0 Å². The van der Waals surface area contributed by atoms with Crippen LogP contribution in [-0.4, -0.2) is 11.7 Å². The van der Waals surface area contributed by atoms with E-state index in [1.54, 1.807) is 0 Å². The minimum Gasteiger partial charge on any atom is -0.392 e. The van der Waals surface area contributed by atoms with Crippen molar-refractivity contribution in [1.82, 2.24) is 0 Å². The van der Waals surface area contributed by atoms with Gasteiger partial charge in [-0.25, -0.2) is 0 Å². The molecule has 0 saturated carbocycles. The highest BCUT2D eigenvalue weighted by Gasteiger charge is 2.17. The van der Waals surface area contributed by atoms with Crippen LogP contribution in [0.2, 0.25) is 0 Å². The van der Waals surface area contributed by atoms with Crippen molar-refractivity contribution in [2.75, 3.05) is 6.61 Å². The van der Waals surface area contributed by atoms with Gasteiger partial charge in [-0.05, 0) is 42.0 Å². The maximum Gasteiger partial charge on any atom is 0.0998 e. The molecule has 0 aliphatic heterocycles. The number of hydrogen-bond donors (Lipinski definition) is 1. The topological polar surface area (TPSA) is 44.0 Å². The fourth-order valence-corrected chi connectivity index (χ4v) is 2.15. The third-order valence-electron chi connectivity index (χ3n) is 2.90. The number of nitrogens with zero attached hydrogens (tertiary/aromatic N) is 1. The van der Waals surface area contributed by atoms with E-state index >= 15 is 0 Å². The third kappa shape index (κ3) is 1.79. The summed E-state index contributed by atoms with van der Waals surface area (Å²) >= 11 is 0. The van der Waals surface area contributed by atoms with Crippen LogP contribution in [-0.2, 0) is 0 Å². The largest absolute Gasteiger partial charge is 0.392 e. The van der Waals surface area contributed by atoms with Crippen LogP contribution in [0.1, 0.15) is 30.4 Å². The lowest BCUT2D eigenvalue weighted by Gasteiger charge is -2.07. The van der Waals surface area contributed by atoms with E-state index in [-0.39, 0.29) is 6.61 Å². The first kappa shape index (κ1) is 9.95. The van der Waals surface area contributed by atoms with Crippen LogP contribution in [0.3, 0.4) is 0 Å². The Bertz CT molecular complexity index is 440. The SMILES string of the molecule is N#Cc1ccccc1C1=C(CO)CCC1. The van der Waals surface area contributed by atoms with E-state index < -0.39 is 0 Å². The molecule has 0 atom stereocenters. The Hall–Kier alpha value is -1.59. The lowest BCUT2D eigenvalue weighted by molar-refractivity contribution is 0.329. The maximum absolute atomic E-state index is 9.22. The molecular weight excluding hydrogens is 186 g/mol. The molecule has 1 aliphatic carbocycles. The van der Waals surface area contributed by atoms with E-state index in [9.17, 15) is 5.11 Å². The van der Waals surface area contributed by atoms with Gasteiger partial charge in [0.1, 0.15) is 0 Å². The van der Waals surface area contributed by atoms with Crippen molar-refractivity contribution in [3.63, 3.8) is 0 Å². The number of benzene rings is 1. The first-order valence-electron chi connectivity index (χ1n) is 5.18. The van der Waals surface area contributed by atoms with Gasteiger partial charge in [-0.3, -0.25) is 0 Å². The number of hydrogen-bond acceptors (Lipinski definition) is 2. The van der Waals surface area contributed by atoms with Crippen molar-refractivity contribution in [2.24, 2.45) is 0 Å². The molecule has 2 heteroatoms. The molecule has 0 saturated heterocycles. The van der Waals surface area contributed by atoms with Crippen LogP contribution >= 0.6 is 0 Å². The highest BCUT2D eigenvalue weighted by Crippen LogP contribution is 2.34. The molecule has 2 nitrogen and oxygen atoms in total. The molecule has 0 aromatic heterocycles. The average Bonchev–Trinajstić information content (AvgIpc) is 2.76. The standard InChI is InChI=1S/C13H13NO/c14-8-10-4-1-2-6-12(10)13-7-3-5-11(13)9-15/h1-2,4,6,15H,3,5,7,9H2. The fraction of sp³-hybridized carbons (Fsp3) is 0.308. The molecule has 0 bridgehead atoms. The van der Waals surface area contributed by atoms with Gasteiger partial charge in [0.2, 0.25) is 0 Å². The molecule has 0 fully saturated rings. The second-order valence-electron chi connectivity index (χ2n) is 3.75. The van der Waals surface area contributed by atoms with Gasteiger partial charge in [0.15, 0.2) is 0 Å². The smallest absolute Gasteiger partial charge is 0.0998 e. The molecule has 15 heavy (non-hydrogen) atoms. The minimum atomic E-state index is 0.120. The van der Waals surface area contributed by atoms with E-state index in [2.05, 4.69) is 6.07 Å². The zero-order chi connectivity index (χ0) is 10.7. The van der Waals surface area contributed by atoms with Gasteiger partial charge in [-0.15, -0.1) is 0 Å². The number of nitriles is 1. The lowest BCUT2D eigenvalue weighted by Crippen LogP contribution is -1.92. The summed E-state index contributed by atoms with van der Waals surface area (Å²) in [5.41, 5.74) is 3.98. The lowest BCUT2D eigenvalue weighted by atomic mass is 9.97. The number of allylic oxidation sites excluding steroid dienone is 1. The maximum atomic E-state index is 9.22. The predicted molar refractivity (Wildman–Crippen MR) is 59.0 cm³/mol. The summed E-state index contributed by atoms with van der Waals surface area (Å²) in [4.78, 5) is 0. The molecule has 0 spiro atoms. The summed E-state index contributed by atoms with van der Waals surface area (Å²) in [6, 6.07) is 9.81. The van der Waals surface area contributed by atoms with Gasteiger partial charge in [0.25, 0.3) is 0 Å². The Morgan fingerprint density at radius 1 is 1.27 bits per heavy atom. The van der Waals surface area contributed by atoms with E-state index in [0.717, 1.165) is 30.4 Å². The van der Waals surface area contributed by atoms with E-state index in [4.69, 9.17) is 5.26 Å². The van der Waals surface area contributed by atoms with Gasteiger partial charge in [0, 0.05) is 0 Å². The summed E-state index contributed by atoms with van der Waals surface area (Å²) in [5, 5.41) is 18.2. The van der Waals surface area contributed by atoms with Gasteiger partial charge < -0.3 is 5.11 Å². The molecule has 0 heterocycles. The summed E-state index contributed by atoms with van der Waals surface area (Å²) in [5.74, 6) is 0. The Balaban J connectivity index is 2.50. The molecule has 76 valence electrons. The third-order valence-corrected chi connectivity index (χ3v) is 2.90. The average molecular weight is 199 g/mol. The van der Waals surface area contributed by atoms with Crippen molar-refractivity contribution in [3.05, 3.63) is 41.0 Å². The van der Waals surface area contributed by atoms with Gasteiger partial charge in [-0.1, -0.05) is 18.2 Å². The van der Waals surface area contributed by atoms with Crippen LogP contribution in [0.25, 0.3) is 5.57 Å². The van der Waals surface area contributed by atoms with E-state index in [1.165, 1.54) is 5.57 Å². The monoisotopic (exact) mass is 199 g/mol. The first-order valence-corrected chi connectivity index (χ1v) is 5.18. The summed E-state index contributed by atoms with van der Waals surface area (Å²) in [6.07, 6.45) is 3.03. The zero-order valence-electron chi connectivity index (χ0n) is 8.53. The summed E-state index contributed by atoms with van der Waals surface area (Å²) < 4.78 is 0. The summed E-state index contributed by atoms with van der Waals surface area (Å²) in [7, 11) is 0. The molecular formula is C13H13NO. The molecule has 1 N–H and O–H groups in total. The molecule has 0 amide bonds. The van der Waals surface area contributed by atoms with E-state index in [1.807, 2.05) is 24.3 Å². The minimum absolute atomic E-state index is 0.120. The van der Waals surface area contributed by atoms with Gasteiger partial charge >= 0.3 is 0 Å². The van der Waals surface area contributed by atoms with E-state index in [0.29, 0.717) is 5.56 Å². The number of rotatable bonds is 2. The van der Waals surface area contributed by atoms with Crippen LogP contribution in [0.4, 0.5) is 0 Å². The molecule has 1 aromatic rings. The summed E-state index contributed by atoms with van der Waals surface area (Å²) in [6.45, 7) is 0.120. The normalized spacial score (nSPS) is 15.5. The van der Waals surface area contributed by atoms with Gasteiger partial charge in [-0.2, -0.15) is 5.26 Å². The fourth-order valence-electron chi connectivity index (χ4n) is 2.15. The Morgan fingerprint density at radius 3 is 2.80 bits per heavy atom. The van der Waals surface area contributed by atoms with Crippen molar-refractivity contribution >= 4 is 5.57 Å². The zero-order valence-corrected chi connectivity index (χ0v) is 8.53. The van der Waals surface area contributed by atoms with Crippen molar-refractivity contribution in [3.8, 4) is 6.07 Å².